The van der Waals surface area contributed by atoms with E-state index in [2.05, 4.69) is 11.8 Å². The van der Waals surface area contributed by atoms with Crippen LogP contribution >= 0.6 is 0 Å². The molecule has 0 unspecified atom stereocenters. The van der Waals surface area contributed by atoms with E-state index in [-0.39, 0.29) is 0 Å². The van der Waals surface area contributed by atoms with Crippen molar-refractivity contribution in [2.24, 2.45) is 5.73 Å². The summed E-state index contributed by atoms with van der Waals surface area (Å²) in [6.45, 7) is 3.10. The van der Waals surface area contributed by atoms with Crippen LogP contribution in [-0.4, -0.2) is 19.5 Å². The largest absolute Gasteiger partial charge is 0.397 e. The number of nitrogens with zero attached hydrogens (tertiary/aromatic N) is 1. The van der Waals surface area contributed by atoms with E-state index in [0.29, 0.717) is 11.3 Å². The third-order valence-electron chi connectivity index (χ3n) is 2.57. The molecule has 0 atom stereocenters. The van der Waals surface area contributed by atoms with Crippen LogP contribution in [0.15, 0.2) is 18.2 Å². The molecular formula is C12H19N3O. The molecule has 1 rings (SSSR count). The van der Waals surface area contributed by atoms with Gasteiger partial charge in [-0.1, -0.05) is 13.3 Å². The number of nitrogens with two attached hydrogens (primary N) is 2. The van der Waals surface area contributed by atoms with Gasteiger partial charge < -0.3 is 16.4 Å². The predicted molar refractivity (Wildman–Crippen MR) is 67.6 cm³/mol. The number of hydrogen-bond donors (Lipinski definition) is 2. The zero-order valence-corrected chi connectivity index (χ0v) is 9.86. The van der Waals surface area contributed by atoms with Crippen LogP contribution in [0, 0.1) is 0 Å². The van der Waals surface area contributed by atoms with Crippen LogP contribution in [0.1, 0.15) is 30.1 Å². The Bertz CT molecular complexity index is 377. The van der Waals surface area contributed by atoms with Gasteiger partial charge in [-0.15, -0.1) is 0 Å². The molecule has 88 valence electrons. The van der Waals surface area contributed by atoms with E-state index in [9.17, 15) is 4.79 Å². The van der Waals surface area contributed by atoms with Crippen LogP contribution in [0.4, 0.5) is 11.4 Å². The van der Waals surface area contributed by atoms with Crippen LogP contribution in [0.2, 0.25) is 0 Å². The minimum atomic E-state index is -0.450. The number of anilines is 2. The Morgan fingerprint density at radius 1 is 1.44 bits per heavy atom. The van der Waals surface area contributed by atoms with Gasteiger partial charge in [0.05, 0.1) is 11.4 Å². The molecule has 0 heterocycles. The maximum absolute atomic E-state index is 11.0. The van der Waals surface area contributed by atoms with Crippen molar-refractivity contribution in [2.45, 2.75) is 19.8 Å². The molecule has 1 aromatic carbocycles. The molecule has 0 radical (unpaired) electrons. The van der Waals surface area contributed by atoms with E-state index in [1.54, 1.807) is 12.1 Å². The fourth-order valence-corrected chi connectivity index (χ4v) is 1.57. The molecule has 16 heavy (non-hydrogen) atoms. The quantitative estimate of drug-likeness (QED) is 0.742. The van der Waals surface area contributed by atoms with Gasteiger partial charge in [-0.25, -0.2) is 0 Å². The summed E-state index contributed by atoms with van der Waals surface area (Å²) >= 11 is 0. The number of hydrogen-bond acceptors (Lipinski definition) is 3. The summed E-state index contributed by atoms with van der Waals surface area (Å²) in [5.74, 6) is -0.450. The molecule has 0 aliphatic rings. The van der Waals surface area contributed by atoms with Gasteiger partial charge in [-0.05, 0) is 24.6 Å². The highest BCUT2D eigenvalue weighted by atomic mass is 16.1. The van der Waals surface area contributed by atoms with Crippen molar-refractivity contribution in [1.82, 2.24) is 0 Å². The third kappa shape index (κ3) is 2.89. The van der Waals surface area contributed by atoms with Gasteiger partial charge in [-0.3, -0.25) is 4.79 Å². The zero-order valence-electron chi connectivity index (χ0n) is 9.86. The van der Waals surface area contributed by atoms with E-state index in [4.69, 9.17) is 11.5 Å². The third-order valence-corrected chi connectivity index (χ3v) is 2.57. The predicted octanol–water partition coefficient (Wildman–Crippen LogP) is 1.60. The first kappa shape index (κ1) is 12.4. The summed E-state index contributed by atoms with van der Waals surface area (Å²) < 4.78 is 0. The summed E-state index contributed by atoms with van der Waals surface area (Å²) in [5, 5.41) is 0. The number of carbonyl (C=O) groups is 1. The highest BCUT2D eigenvalue weighted by Gasteiger charge is 2.07. The highest BCUT2D eigenvalue weighted by Crippen LogP contribution is 2.23. The van der Waals surface area contributed by atoms with Gasteiger partial charge in [0, 0.05) is 19.2 Å². The number of carbonyl (C=O) groups excluding carboxylic acids is 1. The van der Waals surface area contributed by atoms with Gasteiger partial charge in [-0.2, -0.15) is 0 Å². The van der Waals surface area contributed by atoms with Crippen LogP contribution in [0.3, 0.4) is 0 Å². The number of unbranched alkanes of at least 4 members (excludes halogenated alkanes) is 1. The lowest BCUT2D eigenvalue weighted by molar-refractivity contribution is 0.100. The molecule has 4 nitrogen and oxygen atoms in total. The van der Waals surface area contributed by atoms with Crippen molar-refractivity contribution in [2.75, 3.05) is 24.2 Å². The van der Waals surface area contributed by atoms with Crippen LogP contribution in [0.5, 0.6) is 0 Å². The van der Waals surface area contributed by atoms with Gasteiger partial charge in [0.25, 0.3) is 0 Å². The minimum absolute atomic E-state index is 0.449. The average Bonchev–Trinajstić information content (AvgIpc) is 2.25. The molecule has 0 fully saturated rings. The van der Waals surface area contributed by atoms with Gasteiger partial charge in [0.1, 0.15) is 0 Å². The Kier molecular flexibility index (Phi) is 4.17. The molecule has 0 aliphatic heterocycles. The molecule has 0 bridgehead atoms. The summed E-state index contributed by atoms with van der Waals surface area (Å²) in [7, 11) is 1.99. The lowest BCUT2D eigenvalue weighted by atomic mass is 10.1. The summed E-state index contributed by atoms with van der Waals surface area (Å²) in [6.07, 6.45) is 2.26. The Hall–Kier alpha value is -1.71. The van der Waals surface area contributed by atoms with E-state index < -0.39 is 5.91 Å². The number of rotatable bonds is 5. The fourth-order valence-electron chi connectivity index (χ4n) is 1.57. The van der Waals surface area contributed by atoms with E-state index in [1.807, 2.05) is 13.1 Å². The highest BCUT2D eigenvalue weighted by molar-refractivity contribution is 5.94. The summed E-state index contributed by atoms with van der Waals surface area (Å²) in [6, 6.07) is 5.17. The average molecular weight is 221 g/mol. The van der Waals surface area contributed by atoms with Gasteiger partial charge in [0.15, 0.2) is 0 Å². The zero-order chi connectivity index (χ0) is 12.1. The molecule has 1 amide bonds. The second kappa shape index (κ2) is 5.39. The van der Waals surface area contributed by atoms with Crippen molar-refractivity contribution in [1.29, 1.82) is 0 Å². The van der Waals surface area contributed by atoms with Crippen molar-refractivity contribution < 1.29 is 4.79 Å². The molecular weight excluding hydrogens is 202 g/mol. The fraction of sp³-hybridized carbons (Fsp3) is 0.417. The smallest absolute Gasteiger partial charge is 0.248 e. The Balaban J connectivity index is 2.85. The van der Waals surface area contributed by atoms with Crippen molar-refractivity contribution in [3.63, 3.8) is 0 Å². The first-order chi connectivity index (χ1) is 7.56. The molecule has 0 saturated carbocycles. The van der Waals surface area contributed by atoms with E-state index >= 15 is 0 Å². The molecule has 0 spiro atoms. The van der Waals surface area contributed by atoms with Gasteiger partial charge in [0.2, 0.25) is 5.91 Å². The van der Waals surface area contributed by atoms with Crippen molar-refractivity contribution in [3.8, 4) is 0 Å². The maximum Gasteiger partial charge on any atom is 0.248 e. The lowest BCUT2D eigenvalue weighted by Gasteiger charge is -2.21. The molecule has 0 aromatic heterocycles. The van der Waals surface area contributed by atoms with E-state index in [1.165, 1.54) is 0 Å². The second-order valence-corrected chi connectivity index (χ2v) is 3.91. The molecule has 0 aliphatic carbocycles. The molecule has 4 heteroatoms. The van der Waals surface area contributed by atoms with Gasteiger partial charge >= 0.3 is 0 Å². The first-order valence-electron chi connectivity index (χ1n) is 5.46. The van der Waals surface area contributed by atoms with Crippen molar-refractivity contribution in [3.05, 3.63) is 23.8 Å². The van der Waals surface area contributed by atoms with Crippen molar-refractivity contribution >= 4 is 17.3 Å². The SMILES string of the molecule is CCCCN(C)c1ccc(C(N)=O)cc1N. The van der Waals surface area contributed by atoms with Crippen LogP contribution in [-0.2, 0) is 0 Å². The number of primary amides is 1. The number of nitrogen functional groups attached to an aromatic ring is 1. The van der Waals surface area contributed by atoms with Crippen LogP contribution in [0.25, 0.3) is 0 Å². The lowest BCUT2D eigenvalue weighted by Crippen LogP contribution is -2.20. The van der Waals surface area contributed by atoms with E-state index in [0.717, 1.165) is 25.1 Å². The maximum atomic E-state index is 11.0. The minimum Gasteiger partial charge on any atom is -0.397 e. The van der Waals surface area contributed by atoms with Crippen LogP contribution < -0.4 is 16.4 Å². The molecule has 0 saturated heterocycles. The molecule has 4 N–H and O–H groups in total. The number of benzene rings is 1. The summed E-state index contributed by atoms with van der Waals surface area (Å²) in [4.78, 5) is 13.0. The normalized spacial score (nSPS) is 10.1. The monoisotopic (exact) mass is 221 g/mol. The molecule has 1 aromatic rings. The second-order valence-electron chi connectivity index (χ2n) is 3.91. The summed E-state index contributed by atoms with van der Waals surface area (Å²) in [5.41, 5.74) is 13.0. The Labute approximate surface area is 96.2 Å². The Morgan fingerprint density at radius 3 is 2.62 bits per heavy atom. The topological polar surface area (TPSA) is 72.3 Å². The standard InChI is InChI=1S/C12H19N3O/c1-3-4-7-15(2)11-6-5-9(12(14)16)8-10(11)13/h5-6,8H,3-4,7,13H2,1-2H3,(H2,14,16). The Morgan fingerprint density at radius 2 is 2.12 bits per heavy atom. The number of amides is 1. The first-order valence-corrected chi connectivity index (χ1v) is 5.46.